The van der Waals surface area contributed by atoms with Gasteiger partial charge in [0.25, 0.3) is 0 Å². The van der Waals surface area contributed by atoms with E-state index in [0.717, 1.165) is 6.04 Å². The molecule has 0 aliphatic carbocycles. The normalized spacial score (nSPS) is 20.6. The molecule has 0 unspecified atom stereocenters. The number of nitrogens with zero attached hydrogens (tertiary/aromatic N) is 1. The minimum atomic E-state index is 0.698. The summed E-state index contributed by atoms with van der Waals surface area (Å²) in [5, 5.41) is 3.50. The zero-order valence-corrected chi connectivity index (χ0v) is 16.8. The van der Waals surface area contributed by atoms with Gasteiger partial charge in [-0.15, -0.1) is 0 Å². The van der Waals surface area contributed by atoms with Crippen molar-refractivity contribution in [1.29, 1.82) is 0 Å². The molecule has 0 amide bonds. The Bertz CT molecular complexity index is 287. The van der Waals surface area contributed by atoms with Gasteiger partial charge in [0, 0.05) is 19.1 Å². The Balaban J connectivity index is 1.69. The Morgan fingerprint density at radius 2 is 1.25 bits per heavy atom. The van der Waals surface area contributed by atoms with Crippen molar-refractivity contribution in [3.8, 4) is 0 Å². The first-order valence-corrected chi connectivity index (χ1v) is 11.2. The second-order valence-corrected chi connectivity index (χ2v) is 8.70. The number of nitrogens with one attached hydrogen (secondary N) is 1. The Morgan fingerprint density at radius 3 is 1.67 bits per heavy atom. The maximum absolute atomic E-state index is 3.50. The molecule has 2 rings (SSSR count). The van der Waals surface area contributed by atoms with E-state index in [4.69, 9.17) is 0 Å². The van der Waals surface area contributed by atoms with Gasteiger partial charge in [0.1, 0.15) is 0 Å². The third-order valence-corrected chi connectivity index (χ3v) is 6.66. The lowest BCUT2D eigenvalue weighted by Gasteiger charge is -2.50. The molecule has 2 aliphatic rings. The molecule has 2 saturated heterocycles. The highest BCUT2D eigenvalue weighted by Gasteiger charge is 2.40. The lowest BCUT2D eigenvalue weighted by atomic mass is 9.73. The average molecular weight is 337 g/mol. The molecular weight excluding hydrogens is 292 g/mol. The van der Waals surface area contributed by atoms with Crippen molar-refractivity contribution in [2.75, 3.05) is 26.2 Å². The molecule has 24 heavy (non-hydrogen) atoms. The summed E-state index contributed by atoms with van der Waals surface area (Å²) in [6, 6.07) is 0.888. The predicted molar refractivity (Wildman–Crippen MR) is 107 cm³/mol. The van der Waals surface area contributed by atoms with Crippen molar-refractivity contribution in [3.05, 3.63) is 0 Å². The van der Waals surface area contributed by atoms with Crippen molar-refractivity contribution >= 4 is 0 Å². The van der Waals surface area contributed by atoms with Gasteiger partial charge in [0.05, 0.1) is 0 Å². The summed E-state index contributed by atoms with van der Waals surface area (Å²) in [5.74, 6) is 0. The van der Waals surface area contributed by atoms with E-state index in [0.29, 0.717) is 5.41 Å². The van der Waals surface area contributed by atoms with Crippen LogP contribution in [-0.2, 0) is 0 Å². The van der Waals surface area contributed by atoms with E-state index >= 15 is 0 Å². The maximum atomic E-state index is 3.50. The second kappa shape index (κ2) is 11.5. The largest absolute Gasteiger partial charge is 0.316 e. The van der Waals surface area contributed by atoms with E-state index in [1.165, 1.54) is 116 Å². The first-order valence-electron chi connectivity index (χ1n) is 11.2. The molecule has 1 spiro atoms. The highest BCUT2D eigenvalue weighted by Crippen LogP contribution is 2.36. The molecule has 0 aromatic heterocycles. The van der Waals surface area contributed by atoms with E-state index < -0.39 is 0 Å². The van der Waals surface area contributed by atoms with E-state index in [2.05, 4.69) is 24.1 Å². The number of likely N-dealkylation sites (tertiary alicyclic amines) is 1. The first kappa shape index (κ1) is 20.2. The van der Waals surface area contributed by atoms with Gasteiger partial charge >= 0.3 is 0 Å². The zero-order chi connectivity index (χ0) is 17.1. The van der Waals surface area contributed by atoms with Crippen molar-refractivity contribution in [2.24, 2.45) is 5.41 Å². The van der Waals surface area contributed by atoms with Crippen LogP contribution in [-0.4, -0.2) is 37.1 Å². The lowest BCUT2D eigenvalue weighted by molar-refractivity contribution is 0.0295. The van der Waals surface area contributed by atoms with Crippen LogP contribution >= 0.6 is 0 Å². The minimum Gasteiger partial charge on any atom is -0.316 e. The Hall–Kier alpha value is -0.0800. The SMILES string of the molecule is CCCCCCCC(CCCCCCC)N1CCC2(CC1)CNC2. The Labute approximate surface area is 152 Å². The van der Waals surface area contributed by atoms with E-state index in [9.17, 15) is 0 Å². The fraction of sp³-hybridized carbons (Fsp3) is 1.00. The second-order valence-electron chi connectivity index (χ2n) is 8.70. The summed E-state index contributed by atoms with van der Waals surface area (Å²) >= 11 is 0. The summed E-state index contributed by atoms with van der Waals surface area (Å²) in [7, 11) is 0. The van der Waals surface area contributed by atoms with Crippen LogP contribution < -0.4 is 5.32 Å². The minimum absolute atomic E-state index is 0.698. The van der Waals surface area contributed by atoms with Gasteiger partial charge in [-0.2, -0.15) is 0 Å². The Kier molecular flexibility index (Phi) is 9.71. The summed E-state index contributed by atoms with van der Waals surface area (Å²) in [6.07, 6.45) is 20.2. The average Bonchev–Trinajstić information content (AvgIpc) is 2.58. The molecule has 0 atom stereocenters. The molecule has 0 saturated carbocycles. The monoisotopic (exact) mass is 336 g/mol. The quantitative estimate of drug-likeness (QED) is 0.430. The number of unbranched alkanes of at least 4 members (excludes halogenated alkanes) is 8. The summed E-state index contributed by atoms with van der Waals surface area (Å²) < 4.78 is 0. The van der Waals surface area contributed by atoms with Crippen molar-refractivity contribution < 1.29 is 0 Å². The summed E-state index contributed by atoms with van der Waals surface area (Å²) in [6.45, 7) is 9.96. The molecule has 0 aromatic rings. The van der Waals surface area contributed by atoms with E-state index in [-0.39, 0.29) is 0 Å². The Morgan fingerprint density at radius 1 is 0.750 bits per heavy atom. The van der Waals surface area contributed by atoms with E-state index in [1.54, 1.807) is 0 Å². The topological polar surface area (TPSA) is 15.3 Å². The van der Waals surface area contributed by atoms with Gasteiger partial charge in [0.2, 0.25) is 0 Å². The van der Waals surface area contributed by atoms with Crippen LogP contribution in [0.25, 0.3) is 0 Å². The van der Waals surface area contributed by atoms with Crippen molar-refractivity contribution in [3.63, 3.8) is 0 Å². The summed E-state index contributed by atoms with van der Waals surface area (Å²) in [4.78, 5) is 2.88. The third kappa shape index (κ3) is 6.67. The fourth-order valence-corrected chi connectivity index (χ4v) is 4.67. The zero-order valence-electron chi connectivity index (χ0n) is 16.8. The number of piperidine rings is 1. The number of hydrogen-bond acceptors (Lipinski definition) is 2. The van der Waals surface area contributed by atoms with Crippen LogP contribution in [0.15, 0.2) is 0 Å². The van der Waals surface area contributed by atoms with Gasteiger partial charge in [-0.25, -0.2) is 0 Å². The van der Waals surface area contributed by atoms with Gasteiger partial charge in [-0.3, -0.25) is 0 Å². The molecule has 2 fully saturated rings. The van der Waals surface area contributed by atoms with Crippen LogP contribution in [0.2, 0.25) is 0 Å². The molecular formula is C22H44N2. The van der Waals surface area contributed by atoms with Crippen molar-refractivity contribution in [2.45, 2.75) is 110 Å². The smallest absolute Gasteiger partial charge is 0.00952 e. The van der Waals surface area contributed by atoms with Crippen LogP contribution in [0.3, 0.4) is 0 Å². The summed E-state index contributed by atoms with van der Waals surface area (Å²) in [5.41, 5.74) is 0.698. The van der Waals surface area contributed by atoms with Crippen LogP contribution in [0, 0.1) is 5.41 Å². The first-order chi connectivity index (χ1) is 11.8. The molecule has 0 radical (unpaired) electrons. The van der Waals surface area contributed by atoms with Gasteiger partial charge in [0.15, 0.2) is 0 Å². The number of rotatable bonds is 13. The van der Waals surface area contributed by atoms with Gasteiger partial charge in [-0.05, 0) is 44.2 Å². The predicted octanol–water partition coefficient (Wildman–Crippen LogP) is 5.76. The molecule has 1 N–H and O–H groups in total. The number of hydrogen-bond donors (Lipinski definition) is 1. The van der Waals surface area contributed by atoms with Gasteiger partial charge < -0.3 is 10.2 Å². The molecule has 2 aliphatic heterocycles. The third-order valence-electron chi connectivity index (χ3n) is 6.66. The molecule has 2 nitrogen and oxygen atoms in total. The molecule has 2 heteroatoms. The maximum Gasteiger partial charge on any atom is 0.00952 e. The molecule has 0 aromatic carbocycles. The fourth-order valence-electron chi connectivity index (χ4n) is 4.67. The molecule has 2 heterocycles. The lowest BCUT2D eigenvalue weighted by Crippen LogP contribution is -2.59. The van der Waals surface area contributed by atoms with E-state index in [1.807, 2.05) is 0 Å². The standard InChI is InChI=1S/C22H44N2/c1-3-5-7-9-11-13-21(14-12-10-8-6-4-2)24-17-15-22(16-18-24)19-23-20-22/h21,23H,3-20H2,1-2H3. The van der Waals surface area contributed by atoms with Crippen LogP contribution in [0.1, 0.15) is 104 Å². The molecule has 0 bridgehead atoms. The van der Waals surface area contributed by atoms with Gasteiger partial charge in [-0.1, -0.05) is 78.1 Å². The highest BCUT2D eigenvalue weighted by atomic mass is 15.2. The highest BCUT2D eigenvalue weighted by molar-refractivity contribution is 4.96. The van der Waals surface area contributed by atoms with Crippen LogP contribution in [0.5, 0.6) is 0 Å². The van der Waals surface area contributed by atoms with Crippen LogP contribution in [0.4, 0.5) is 0 Å². The molecule has 142 valence electrons. The van der Waals surface area contributed by atoms with Crippen molar-refractivity contribution in [1.82, 2.24) is 10.2 Å².